The topological polar surface area (TPSA) is 57.9 Å². The number of hydrogen-bond acceptors (Lipinski definition) is 5. The Balaban J connectivity index is 1.92. The summed E-state index contributed by atoms with van der Waals surface area (Å²) in [7, 11) is 5.58. The van der Waals surface area contributed by atoms with Crippen molar-refractivity contribution in [2.75, 3.05) is 27.7 Å². The molecule has 0 aliphatic heterocycles. The van der Waals surface area contributed by atoms with E-state index in [1.807, 2.05) is 32.3 Å². The summed E-state index contributed by atoms with van der Waals surface area (Å²) in [5, 5.41) is 13.1. The summed E-state index contributed by atoms with van der Waals surface area (Å²) < 4.78 is 10.5. The largest absolute Gasteiger partial charge is 0.504 e. The third-order valence-corrected chi connectivity index (χ3v) is 3.41. The first-order chi connectivity index (χ1) is 10.1. The number of rotatable bonds is 7. The number of ether oxygens (including phenoxy) is 1. The molecule has 5 heteroatoms. The molecule has 1 heterocycles. The second-order valence-corrected chi connectivity index (χ2v) is 5.13. The predicted molar refractivity (Wildman–Crippen MR) is 81.5 cm³/mol. The molecule has 21 heavy (non-hydrogen) atoms. The van der Waals surface area contributed by atoms with Gasteiger partial charge in [-0.2, -0.15) is 0 Å². The van der Waals surface area contributed by atoms with Crippen LogP contribution in [-0.2, 0) is 6.54 Å². The first-order valence-electron chi connectivity index (χ1n) is 6.88. The smallest absolute Gasteiger partial charge is 0.160 e. The number of nitrogens with one attached hydrogen (secondary N) is 1. The average Bonchev–Trinajstić information content (AvgIpc) is 2.97. The fourth-order valence-corrected chi connectivity index (χ4v) is 2.22. The lowest BCUT2D eigenvalue weighted by atomic mass is 10.1. The van der Waals surface area contributed by atoms with Gasteiger partial charge >= 0.3 is 0 Å². The Labute approximate surface area is 125 Å². The number of aromatic hydroxyl groups is 1. The van der Waals surface area contributed by atoms with Crippen LogP contribution in [0.5, 0.6) is 11.5 Å². The molecule has 0 aliphatic carbocycles. The van der Waals surface area contributed by atoms with E-state index < -0.39 is 0 Å². The normalized spacial score (nSPS) is 12.6. The minimum Gasteiger partial charge on any atom is -0.504 e. The van der Waals surface area contributed by atoms with Crippen molar-refractivity contribution in [2.24, 2.45) is 0 Å². The Hall–Kier alpha value is -1.98. The summed E-state index contributed by atoms with van der Waals surface area (Å²) in [6, 6.07) is 9.46. The van der Waals surface area contributed by atoms with Crippen LogP contribution in [0.2, 0.25) is 0 Å². The number of methoxy groups -OCH3 is 1. The van der Waals surface area contributed by atoms with Gasteiger partial charge in [-0.25, -0.2) is 0 Å². The number of likely N-dealkylation sites (N-methyl/N-ethyl adjacent to an activating group) is 1. The molecule has 2 aromatic rings. The fraction of sp³-hybridized carbons (Fsp3) is 0.375. The van der Waals surface area contributed by atoms with Gasteiger partial charge in [0, 0.05) is 13.1 Å². The SMILES string of the molecule is COc1ccc(CNCC(c2ccco2)N(C)C)cc1O. The van der Waals surface area contributed by atoms with Crippen LogP contribution >= 0.6 is 0 Å². The highest BCUT2D eigenvalue weighted by Gasteiger charge is 2.16. The summed E-state index contributed by atoms with van der Waals surface area (Å²) in [5.74, 6) is 1.58. The van der Waals surface area contributed by atoms with E-state index in [0.717, 1.165) is 17.9 Å². The molecule has 114 valence electrons. The zero-order valence-electron chi connectivity index (χ0n) is 12.7. The van der Waals surface area contributed by atoms with E-state index in [1.165, 1.54) is 7.11 Å². The Morgan fingerprint density at radius 1 is 1.33 bits per heavy atom. The molecular formula is C16H22N2O3. The van der Waals surface area contributed by atoms with Crippen LogP contribution in [0, 0.1) is 0 Å². The van der Waals surface area contributed by atoms with Crippen LogP contribution in [0.1, 0.15) is 17.4 Å². The number of phenols is 1. The number of hydrogen-bond donors (Lipinski definition) is 2. The zero-order valence-corrected chi connectivity index (χ0v) is 12.7. The van der Waals surface area contributed by atoms with Crippen molar-refractivity contribution in [3.8, 4) is 11.5 Å². The summed E-state index contributed by atoms with van der Waals surface area (Å²) in [4.78, 5) is 2.11. The Kier molecular flexibility index (Phi) is 5.25. The van der Waals surface area contributed by atoms with Crippen molar-refractivity contribution in [1.29, 1.82) is 0 Å². The van der Waals surface area contributed by atoms with Gasteiger partial charge in [0.2, 0.25) is 0 Å². The highest BCUT2D eigenvalue weighted by Crippen LogP contribution is 2.26. The summed E-state index contributed by atoms with van der Waals surface area (Å²) >= 11 is 0. The molecule has 1 aromatic carbocycles. The van der Waals surface area contributed by atoms with Gasteiger partial charge < -0.3 is 19.6 Å². The molecule has 1 atom stereocenters. The van der Waals surface area contributed by atoms with Gasteiger partial charge in [-0.05, 0) is 43.9 Å². The highest BCUT2D eigenvalue weighted by atomic mass is 16.5. The van der Waals surface area contributed by atoms with E-state index in [9.17, 15) is 5.11 Å². The maximum Gasteiger partial charge on any atom is 0.160 e. The van der Waals surface area contributed by atoms with E-state index in [-0.39, 0.29) is 11.8 Å². The van der Waals surface area contributed by atoms with Gasteiger partial charge in [0.25, 0.3) is 0 Å². The van der Waals surface area contributed by atoms with E-state index >= 15 is 0 Å². The van der Waals surface area contributed by atoms with Crippen molar-refractivity contribution in [3.63, 3.8) is 0 Å². The van der Waals surface area contributed by atoms with Gasteiger partial charge in [-0.1, -0.05) is 6.07 Å². The summed E-state index contributed by atoms with van der Waals surface area (Å²) in [6.45, 7) is 1.43. The second kappa shape index (κ2) is 7.15. The van der Waals surface area contributed by atoms with Crippen LogP contribution in [0.25, 0.3) is 0 Å². The third kappa shape index (κ3) is 4.00. The van der Waals surface area contributed by atoms with Crippen molar-refractivity contribution in [1.82, 2.24) is 10.2 Å². The van der Waals surface area contributed by atoms with Gasteiger partial charge in [0.05, 0.1) is 19.4 Å². The molecule has 2 rings (SSSR count). The van der Waals surface area contributed by atoms with Crippen molar-refractivity contribution in [2.45, 2.75) is 12.6 Å². The molecule has 0 saturated heterocycles. The number of benzene rings is 1. The molecule has 0 spiro atoms. The first-order valence-corrected chi connectivity index (χ1v) is 6.88. The molecule has 0 bridgehead atoms. The van der Waals surface area contributed by atoms with E-state index in [2.05, 4.69) is 10.2 Å². The molecule has 5 nitrogen and oxygen atoms in total. The Morgan fingerprint density at radius 2 is 2.14 bits per heavy atom. The van der Waals surface area contributed by atoms with Crippen molar-refractivity contribution < 1.29 is 14.3 Å². The molecule has 0 aliphatic rings. The van der Waals surface area contributed by atoms with Crippen molar-refractivity contribution in [3.05, 3.63) is 47.9 Å². The molecule has 0 radical (unpaired) electrons. The summed E-state index contributed by atoms with van der Waals surface area (Å²) in [5.41, 5.74) is 1.00. The monoisotopic (exact) mass is 290 g/mol. The number of nitrogens with zero attached hydrogens (tertiary/aromatic N) is 1. The molecule has 0 amide bonds. The van der Waals surface area contributed by atoms with Crippen LogP contribution in [0.4, 0.5) is 0 Å². The van der Waals surface area contributed by atoms with Crippen LogP contribution in [-0.4, -0.2) is 37.8 Å². The van der Waals surface area contributed by atoms with Crippen LogP contribution in [0.3, 0.4) is 0 Å². The van der Waals surface area contributed by atoms with E-state index in [4.69, 9.17) is 9.15 Å². The maximum absolute atomic E-state index is 9.76. The average molecular weight is 290 g/mol. The standard InChI is InChI=1S/C16H22N2O3/c1-18(2)13(15-5-4-8-21-15)11-17-10-12-6-7-16(20-3)14(19)9-12/h4-9,13,17,19H,10-11H2,1-3H3. The lowest BCUT2D eigenvalue weighted by Crippen LogP contribution is -2.30. The molecule has 1 unspecified atom stereocenters. The lowest BCUT2D eigenvalue weighted by molar-refractivity contribution is 0.250. The quantitative estimate of drug-likeness (QED) is 0.820. The number of phenolic OH excluding ortho intramolecular Hbond substituents is 1. The van der Waals surface area contributed by atoms with E-state index in [1.54, 1.807) is 18.4 Å². The first kappa shape index (κ1) is 15.4. The summed E-state index contributed by atoms with van der Waals surface area (Å²) in [6.07, 6.45) is 1.69. The maximum atomic E-state index is 9.76. The zero-order chi connectivity index (χ0) is 15.2. The predicted octanol–water partition coefficient (Wildman–Crippen LogP) is 2.39. The van der Waals surface area contributed by atoms with Crippen LogP contribution in [0.15, 0.2) is 41.0 Å². The molecule has 0 fully saturated rings. The van der Waals surface area contributed by atoms with Gasteiger partial charge in [-0.3, -0.25) is 4.90 Å². The minimum absolute atomic E-state index is 0.159. The van der Waals surface area contributed by atoms with Gasteiger partial charge in [-0.15, -0.1) is 0 Å². The lowest BCUT2D eigenvalue weighted by Gasteiger charge is -2.22. The van der Waals surface area contributed by atoms with Gasteiger partial charge in [0.1, 0.15) is 5.76 Å². The molecular weight excluding hydrogens is 268 g/mol. The molecule has 1 aromatic heterocycles. The third-order valence-electron chi connectivity index (χ3n) is 3.41. The molecule has 0 saturated carbocycles. The van der Waals surface area contributed by atoms with Gasteiger partial charge in [0.15, 0.2) is 11.5 Å². The molecule has 2 N–H and O–H groups in total. The van der Waals surface area contributed by atoms with E-state index in [0.29, 0.717) is 12.3 Å². The Morgan fingerprint density at radius 3 is 2.71 bits per heavy atom. The fourth-order valence-electron chi connectivity index (χ4n) is 2.22. The van der Waals surface area contributed by atoms with Crippen LogP contribution < -0.4 is 10.1 Å². The highest BCUT2D eigenvalue weighted by molar-refractivity contribution is 5.41. The number of furan rings is 1. The Bertz CT molecular complexity index is 553. The minimum atomic E-state index is 0.159. The van der Waals surface area contributed by atoms with Crippen molar-refractivity contribution >= 4 is 0 Å². The second-order valence-electron chi connectivity index (χ2n) is 5.13.